The van der Waals surface area contributed by atoms with Gasteiger partial charge in [-0.2, -0.15) is 13.2 Å². The van der Waals surface area contributed by atoms with Crippen LogP contribution < -0.4 is 5.32 Å². The standard InChI is InChI=1S/C19H18F3N3O/c1-2-4-15(12-7-9-13(10-8-12)19(20,21)22)25-18(26)14-5-3-6-16-17(14)24-11-23-16/h3,5-11,15H,2,4H2,1H3,(H,23,24)(H,25,26)/t15-/m1/s1. The molecule has 2 N–H and O–H groups in total. The van der Waals surface area contributed by atoms with Gasteiger partial charge in [0.2, 0.25) is 0 Å². The van der Waals surface area contributed by atoms with Crippen LogP contribution in [0.15, 0.2) is 48.8 Å². The van der Waals surface area contributed by atoms with Gasteiger partial charge < -0.3 is 10.3 Å². The lowest BCUT2D eigenvalue weighted by Gasteiger charge is -2.19. The molecule has 0 saturated carbocycles. The summed E-state index contributed by atoms with van der Waals surface area (Å²) in [6.45, 7) is 1.96. The number of fused-ring (bicyclic) bond motifs is 1. The van der Waals surface area contributed by atoms with Gasteiger partial charge in [0, 0.05) is 0 Å². The summed E-state index contributed by atoms with van der Waals surface area (Å²) in [7, 11) is 0. The third-order valence-electron chi connectivity index (χ3n) is 4.22. The predicted octanol–water partition coefficient (Wildman–Crippen LogP) is 4.85. The quantitative estimate of drug-likeness (QED) is 0.682. The summed E-state index contributed by atoms with van der Waals surface area (Å²) >= 11 is 0. The van der Waals surface area contributed by atoms with E-state index in [4.69, 9.17) is 0 Å². The zero-order valence-electron chi connectivity index (χ0n) is 14.1. The largest absolute Gasteiger partial charge is 0.416 e. The number of imidazole rings is 1. The number of alkyl halides is 3. The van der Waals surface area contributed by atoms with Gasteiger partial charge in [0.15, 0.2) is 0 Å². The maximum absolute atomic E-state index is 12.7. The highest BCUT2D eigenvalue weighted by atomic mass is 19.4. The Balaban J connectivity index is 1.84. The molecule has 26 heavy (non-hydrogen) atoms. The molecule has 0 radical (unpaired) electrons. The van der Waals surface area contributed by atoms with Crippen LogP contribution in [0.2, 0.25) is 0 Å². The molecule has 0 spiro atoms. The van der Waals surface area contributed by atoms with Gasteiger partial charge in [-0.1, -0.05) is 31.5 Å². The number of benzene rings is 2. The molecule has 0 aliphatic heterocycles. The topological polar surface area (TPSA) is 57.8 Å². The number of aromatic amines is 1. The molecule has 1 atom stereocenters. The van der Waals surface area contributed by atoms with Crippen LogP contribution in [0, 0.1) is 0 Å². The fourth-order valence-corrected chi connectivity index (χ4v) is 2.91. The monoisotopic (exact) mass is 361 g/mol. The Kier molecular flexibility index (Phi) is 4.97. The van der Waals surface area contributed by atoms with Crippen molar-refractivity contribution in [1.29, 1.82) is 0 Å². The van der Waals surface area contributed by atoms with Crippen molar-refractivity contribution in [3.8, 4) is 0 Å². The first-order valence-electron chi connectivity index (χ1n) is 8.30. The summed E-state index contributed by atoms with van der Waals surface area (Å²) in [6, 6.07) is 9.77. The number of carbonyl (C=O) groups excluding carboxylic acids is 1. The minimum atomic E-state index is -4.38. The third kappa shape index (κ3) is 3.71. The second-order valence-electron chi connectivity index (χ2n) is 6.04. The summed E-state index contributed by atoms with van der Waals surface area (Å²) in [5.74, 6) is -0.293. The van der Waals surface area contributed by atoms with Crippen LogP contribution >= 0.6 is 0 Å². The third-order valence-corrected chi connectivity index (χ3v) is 4.22. The highest BCUT2D eigenvalue weighted by Gasteiger charge is 2.30. The number of amides is 1. The van der Waals surface area contributed by atoms with E-state index in [1.165, 1.54) is 18.5 Å². The molecule has 0 saturated heterocycles. The maximum Gasteiger partial charge on any atom is 0.416 e. The van der Waals surface area contributed by atoms with E-state index in [0.29, 0.717) is 28.6 Å². The highest BCUT2D eigenvalue weighted by Crippen LogP contribution is 2.30. The Morgan fingerprint density at radius 2 is 1.92 bits per heavy atom. The molecule has 2 aromatic carbocycles. The number of para-hydroxylation sites is 1. The van der Waals surface area contributed by atoms with Crippen molar-refractivity contribution in [2.75, 3.05) is 0 Å². The molecule has 136 valence electrons. The van der Waals surface area contributed by atoms with Crippen LogP contribution in [0.3, 0.4) is 0 Å². The fourth-order valence-electron chi connectivity index (χ4n) is 2.91. The van der Waals surface area contributed by atoms with Gasteiger partial charge in [-0.3, -0.25) is 4.79 Å². The van der Waals surface area contributed by atoms with Gasteiger partial charge in [0.1, 0.15) is 0 Å². The normalized spacial score (nSPS) is 12.9. The lowest BCUT2D eigenvalue weighted by atomic mass is 10.00. The molecule has 1 heterocycles. The summed E-state index contributed by atoms with van der Waals surface area (Å²) in [6.07, 6.45) is -1.46. The molecule has 1 amide bonds. The number of nitrogens with zero attached hydrogens (tertiary/aromatic N) is 1. The molecule has 0 aliphatic carbocycles. The van der Waals surface area contributed by atoms with Crippen molar-refractivity contribution >= 4 is 16.9 Å². The Morgan fingerprint density at radius 1 is 1.19 bits per heavy atom. The molecule has 3 aromatic rings. The molecule has 0 bridgehead atoms. The fraction of sp³-hybridized carbons (Fsp3) is 0.263. The molecule has 4 nitrogen and oxygen atoms in total. The average molecular weight is 361 g/mol. The van der Waals surface area contributed by atoms with E-state index in [1.54, 1.807) is 18.2 Å². The maximum atomic E-state index is 12.7. The minimum Gasteiger partial charge on any atom is -0.345 e. The van der Waals surface area contributed by atoms with Crippen molar-refractivity contribution in [1.82, 2.24) is 15.3 Å². The van der Waals surface area contributed by atoms with Gasteiger partial charge in [-0.15, -0.1) is 0 Å². The average Bonchev–Trinajstić information content (AvgIpc) is 3.09. The van der Waals surface area contributed by atoms with Crippen molar-refractivity contribution in [2.24, 2.45) is 0 Å². The van der Waals surface area contributed by atoms with E-state index in [-0.39, 0.29) is 11.9 Å². The van der Waals surface area contributed by atoms with E-state index in [9.17, 15) is 18.0 Å². The Morgan fingerprint density at radius 3 is 2.58 bits per heavy atom. The Bertz CT molecular complexity index is 900. The minimum absolute atomic E-state index is 0.293. The zero-order valence-corrected chi connectivity index (χ0v) is 14.1. The van der Waals surface area contributed by atoms with Crippen LogP contribution in [0.1, 0.15) is 47.3 Å². The van der Waals surface area contributed by atoms with E-state index < -0.39 is 11.7 Å². The van der Waals surface area contributed by atoms with E-state index in [2.05, 4.69) is 15.3 Å². The van der Waals surface area contributed by atoms with Crippen LogP contribution in [-0.2, 0) is 6.18 Å². The van der Waals surface area contributed by atoms with Gasteiger partial charge in [0.05, 0.1) is 34.5 Å². The lowest BCUT2D eigenvalue weighted by molar-refractivity contribution is -0.137. The molecule has 1 aromatic heterocycles. The SMILES string of the molecule is CCC[C@@H](NC(=O)c1cccc2nc[nH]c12)c1ccc(C(F)(F)F)cc1. The van der Waals surface area contributed by atoms with Crippen LogP contribution in [0.5, 0.6) is 0 Å². The van der Waals surface area contributed by atoms with Gasteiger partial charge >= 0.3 is 6.18 Å². The van der Waals surface area contributed by atoms with Gasteiger partial charge in [-0.25, -0.2) is 4.98 Å². The summed E-state index contributed by atoms with van der Waals surface area (Å²) in [5, 5.41) is 2.92. The smallest absolute Gasteiger partial charge is 0.345 e. The number of hydrogen-bond acceptors (Lipinski definition) is 2. The number of rotatable bonds is 5. The molecule has 7 heteroatoms. The van der Waals surface area contributed by atoms with Gasteiger partial charge in [0.25, 0.3) is 5.91 Å². The van der Waals surface area contributed by atoms with E-state index >= 15 is 0 Å². The van der Waals surface area contributed by atoms with Crippen molar-refractivity contribution in [2.45, 2.75) is 32.0 Å². The first-order chi connectivity index (χ1) is 12.4. The first-order valence-corrected chi connectivity index (χ1v) is 8.30. The molecule has 0 fully saturated rings. The van der Waals surface area contributed by atoms with Crippen molar-refractivity contribution < 1.29 is 18.0 Å². The number of H-pyrrole nitrogens is 1. The summed E-state index contributed by atoms with van der Waals surface area (Å²) < 4.78 is 38.2. The molecule has 3 rings (SSSR count). The highest BCUT2D eigenvalue weighted by molar-refractivity contribution is 6.04. The molecule has 0 aliphatic rings. The number of hydrogen-bond donors (Lipinski definition) is 2. The number of carbonyl (C=O) groups is 1. The molecular formula is C19H18F3N3O. The summed E-state index contributed by atoms with van der Waals surface area (Å²) in [4.78, 5) is 19.8. The van der Waals surface area contributed by atoms with Gasteiger partial charge in [-0.05, 0) is 36.2 Å². The molecular weight excluding hydrogens is 343 g/mol. The van der Waals surface area contributed by atoms with E-state index in [1.807, 2.05) is 6.92 Å². The second kappa shape index (κ2) is 7.19. The van der Waals surface area contributed by atoms with Crippen molar-refractivity contribution in [3.63, 3.8) is 0 Å². The lowest BCUT2D eigenvalue weighted by Crippen LogP contribution is -2.28. The van der Waals surface area contributed by atoms with Crippen LogP contribution in [0.25, 0.3) is 11.0 Å². The number of aromatic nitrogens is 2. The number of halogens is 3. The Hall–Kier alpha value is -2.83. The first kappa shape index (κ1) is 18.0. The van der Waals surface area contributed by atoms with E-state index in [0.717, 1.165) is 18.6 Å². The molecule has 0 unspecified atom stereocenters. The predicted molar refractivity (Wildman–Crippen MR) is 92.7 cm³/mol. The van der Waals surface area contributed by atoms with Crippen LogP contribution in [-0.4, -0.2) is 15.9 Å². The number of nitrogens with one attached hydrogen (secondary N) is 2. The van der Waals surface area contributed by atoms with Crippen molar-refractivity contribution in [3.05, 3.63) is 65.5 Å². The zero-order chi connectivity index (χ0) is 18.7. The van der Waals surface area contributed by atoms with Crippen LogP contribution in [0.4, 0.5) is 13.2 Å². The summed E-state index contributed by atoms with van der Waals surface area (Å²) in [5.41, 5.74) is 1.70. The Labute approximate surface area is 148 Å². The second-order valence-corrected chi connectivity index (χ2v) is 6.04.